The molecule has 0 aliphatic carbocycles. The van der Waals surface area contributed by atoms with Gasteiger partial charge in [0.1, 0.15) is 11.5 Å². The highest BCUT2D eigenvalue weighted by Crippen LogP contribution is 2.26. The number of ether oxygens (including phenoxy) is 2. The SMILES string of the molecule is O=C(N/N=C/c1ccc(OC(F)F)cc1OC(F)F)c1ccccc1Cl. The van der Waals surface area contributed by atoms with Gasteiger partial charge < -0.3 is 9.47 Å². The predicted octanol–water partition coefficient (Wildman–Crippen LogP) is 4.31. The molecule has 0 saturated carbocycles. The Hall–Kier alpha value is -2.81. The molecule has 26 heavy (non-hydrogen) atoms. The van der Waals surface area contributed by atoms with Crippen molar-refractivity contribution in [2.24, 2.45) is 5.10 Å². The number of rotatable bonds is 7. The average Bonchev–Trinajstić information content (AvgIpc) is 2.56. The molecule has 5 nitrogen and oxygen atoms in total. The summed E-state index contributed by atoms with van der Waals surface area (Å²) in [7, 11) is 0. The van der Waals surface area contributed by atoms with Crippen molar-refractivity contribution in [3.63, 3.8) is 0 Å². The lowest BCUT2D eigenvalue weighted by Gasteiger charge is -2.10. The molecule has 1 N–H and O–H groups in total. The van der Waals surface area contributed by atoms with Crippen LogP contribution in [0.25, 0.3) is 0 Å². The summed E-state index contributed by atoms with van der Waals surface area (Å²) in [4.78, 5) is 11.9. The highest BCUT2D eigenvalue weighted by atomic mass is 35.5. The second-order valence-corrected chi connectivity index (χ2v) is 5.04. The van der Waals surface area contributed by atoms with Crippen molar-refractivity contribution < 1.29 is 31.8 Å². The maximum absolute atomic E-state index is 12.5. The predicted molar refractivity (Wildman–Crippen MR) is 86.2 cm³/mol. The van der Waals surface area contributed by atoms with Crippen molar-refractivity contribution in [2.75, 3.05) is 0 Å². The van der Waals surface area contributed by atoms with Gasteiger partial charge in [-0.1, -0.05) is 23.7 Å². The van der Waals surface area contributed by atoms with Crippen molar-refractivity contribution in [1.82, 2.24) is 5.43 Å². The maximum atomic E-state index is 12.5. The molecule has 0 heterocycles. The summed E-state index contributed by atoms with van der Waals surface area (Å²) in [5, 5.41) is 3.82. The van der Waals surface area contributed by atoms with Crippen molar-refractivity contribution in [3.8, 4) is 11.5 Å². The summed E-state index contributed by atoms with van der Waals surface area (Å²) in [5.74, 6) is -1.44. The molecule has 10 heteroatoms. The normalized spacial score (nSPS) is 11.2. The fourth-order valence-corrected chi connectivity index (χ4v) is 2.08. The molecule has 0 bridgehead atoms. The van der Waals surface area contributed by atoms with E-state index in [0.717, 1.165) is 18.3 Å². The number of carbonyl (C=O) groups excluding carboxylic acids is 1. The molecule has 0 unspecified atom stereocenters. The quantitative estimate of drug-likeness (QED) is 0.435. The van der Waals surface area contributed by atoms with E-state index < -0.39 is 24.9 Å². The number of hydrogen-bond acceptors (Lipinski definition) is 4. The van der Waals surface area contributed by atoms with Crippen LogP contribution < -0.4 is 14.9 Å². The summed E-state index contributed by atoms with van der Waals surface area (Å²) in [6, 6.07) is 9.35. The minimum Gasteiger partial charge on any atom is -0.435 e. The number of hydrazone groups is 1. The van der Waals surface area contributed by atoms with Crippen LogP contribution in [0.2, 0.25) is 5.02 Å². The Morgan fingerprint density at radius 1 is 1.08 bits per heavy atom. The van der Waals surface area contributed by atoms with E-state index >= 15 is 0 Å². The third-order valence-electron chi connectivity index (χ3n) is 2.91. The van der Waals surface area contributed by atoms with Crippen LogP contribution in [0.4, 0.5) is 17.6 Å². The van der Waals surface area contributed by atoms with Crippen molar-refractivity contribution in [3.05, 3.63) is 58.6 Å². The average molecular weight is 391 g/mol. The molecule has 0 fully saturated rings. The molecule has 0 aliphatic heterocycles. The van der Waals surface area contributed by atoms with Crippen LogP contribution in [-0.2, 0) is 0 Å². The van der Waals surface area contributed by atoms with Crippen LogP contribution in [-0.4, -0.2) is 25.3 Å². The van der Waals surface area contributed by atoms with E-state index in [-0.39, 0.29) is 21.9 Å². The van der Waals surface area contributed by atoms with Gasteiger partial charge in [-0.3, -0.25) is 4.79 Å². The van der Waals surface area contributed by atoms with E-state index in [0.29, 0.717) is 0 Å². The number of halogens is 5. The van der Waals surface area contributed by atoms with Gasteiger partial charge in [0.05, 0.1) is 16.8 Å². The number of alkyl halides is 4. The zero-order valence-electron chi connectivity index (χ0n) is 12.8. The summed E-state index contributed by atoms with van der Waals surface area (Å²) >= 11 is 5.87. The van der Waals surface area contributed by atoms with Gasteiger partial charge in [0.2, 0.25) is 0 Å². The lowest BCUT2D eigenvalue weighted by Crippen LogP contribution is -2.18. The Morgan fingerprint density at radius 2 is 1.77 bits per heavy atom. The first-order chi connectivity index (χ1) is 12.4. The summed E-state index contributed by atoms with van der Waals surface area (Å²) in [6.07, 6.45) is 1.01. The summed E-state index contributed by atoms with van der Waals surface area (Å²) in [6.45, 7) is -6.31. The molecule has 0 aromatic heterocycles. The monoisotopic (exact) mass is 390 g/mol. The molecule has 2 rings (SSSR count). The van der Waals surface area contributed by atoms with Gasteiger partial charge in [-0.25, -0.2) is 5.43 Å². The molecular formula is C16H11ClF4N2O3. The Morgan fingerprint density at radius 3 is 2.42 bits per heavy atom. The van der Waals surface area contributed by atoms with Crippen LogP contribution in [0.15, 0.2) is 47.6 Å². The lowest BCUT2D eigenvalue weighted by atomic mass is 10.2. The molecule has 2 aromatic rings. The summed E-state index contributed by atoms with van der Waals surface area (Å²) < 4.78 is 57.7. The number of carbonyl (C=O) groups is 1. The third kappa shape index (κ3) is 5.62. The van der Waals surface area contributed by atoms with E-state index in [2.05, 4.69) is 20.0 Å². The number of nitrogens with zero attached hydrogens (tertiary/aromatic N) is 1. The molecular weight excluding hydrogens is 380 g/mol. The Balaban J connectivity index is 2.15. The number of nitrogens with one attached hydrogen (secondary N) is 1. The Labute approximate surface area is 150 Å². The van der Waals surface area contributed by atoms with Gasteiger partial charge in [0.15, 0.2) is 0 Å². The van der Waals surface area contributed by atoms with Crippen LogP contribution >= 0.6 is 11.6 Å². The van der Waals surface area contributed by atoms with Gasteiger partial charge >= 0.3 is 13.2 Å². The zero-order chi connectivity index (χ0) is 19.1. The minimum atomic E-state index is -3.19. The zero-order valence-corrected chi connectivity index (χ0v) is 13.6. The first kappa shape index (κ1) is 19.5. The van der Waals surface area contributed by atoms with Gasteiger partial charge in [-0.05, 0) is 24.3 Å². The number of benzene rings is 2. The molecule has 0 radical (unpaired) electrons. The highest BCUT2D eigenvalue weighted by Gasteiger charge is 2.13. The second kappa shape index (κ2) is 9.04. The smallest absolute Gasteiger partial charge is 0.387 e. The van der Waals surface area contributed by atoms with Gasteiger partial charge in [-0.15, -0.1) is 0 Å². The number of hydrogen-bond donors (Lipinski definition) is 1. The Bertz CT molecular complexity index is 803. The van der Waals surface area contributed by atoms with E-state index in [4.69, 9.17) is 11.6 Å². The first-order valence-corrected chi connectivity index (χ1v) is 7.36. The minimum absolute atomic E-state index is 0.00590. The molecule has 0 saturated heterocycles. The maximum Gasteiger partial charge on any atom is 0.387 e. The van der Waals surface area contributed by atoms with Gasteiger partial charge in [0.25, 0.3) is 5.91 Å². The first-order valence-electron chi connectivity index (χ1n) is 6.98. The van der Waals surface area contributed by atoms with Crippen LogP contribution in [0, 0.1) is 0 Å². The fourth-order valence-electron chi connectivity index (χ4n) is 1.86. The van der Waals surface area contributed by atoms with E-state index in [1.807, 2.05) is 0 Å². The van der Waals surface area contributed by atoms with Crippen molar-refractivity contribution in [2.45, 2.75) is 13.2 Å². The van der Waals surface area contributed by atoms with Crippen molar-refractivity contribution >= 4 is 23.7 Å². The van der Waals surface area contributed by atoms with Crippen molar-refractivity contribution in [1.29, 1.82) is 0 Å². The van der Waals surface area contributed by atoms with E-state index in [9.17, 15) is 22.4 Å². The second-order valence-electron chi connectivity index (χ2n) is 4.64. The van der Waals surface area contributed by atoms with E-state index in [1.165, 1.54) is 18.2 Å². The standard InChI is InChI=1S/C16H11ClF4N2O3/c17-12-4-2-1-3-11(12)14(24)23-22-8-9-5-6-10(25-15(18)19)7-13(9)26-16(20)21/h1-8,15-16H,(H,23,24)/b22-8+. The highest BCUT2D eigenvalue weighted by molar-refractivity contribution is 6.33. The number of amides is 1. The molecule has 0 aliphatic rings. The van der Waals surface area contributed by atoms with Gasteiger partial charge in [-0.2, -0.15) is 22.7 Å². The largest absolute Gasteiger partial charge is 0.435 e. The molecule has 1 amide bonds. The fraction of sp³-hybridized carbons (Fsp3) is 0.125. The van der Waals surface area contributed by atoms with E-state index in [1.54, 1.807) is 12.1 Å². The molecule has 0 spiro atoms. The lowest BCUT2D eigenvalue weighted by molar-refractivity contribution is -0.0543. The summed E-state index contributed by atoms with van der Waals surface area (Å²) in [5.41, 5.74) is 2.34. The third-order valence-corrected chi connectivity index (χ3v) is 3.24. The molecule has 2 aromatic carbocycles. The topological polar surface area (TPSA) is 59.9 Å². The van der Waals surface area contributed by atoms with Crippen LogP contribution in [0.1, 0.15) is 15.9 Å². The molecule has 0 atom stereocenters. The Kier molecular flexibility index (Phi) is 6.79. The van der Waals surface area contributed by atoms with Gasteiger partial charge in [0, 0.05) is 11.6 Å². The van der Waals surface area contributed by atoms with Crippen LogP contribution in [0.5, 0.6) is 11.5 Å². The van der Waals surface area contributed by atoms with Crippen LogP contribution in [0.3, 0.4) is 0 Å². The molecule has 138 valence electrons.